The summed E-state index contributed by atoms with van der Waals surface area (Å²) < 4.78 is 31.2. The van der Waals surface area contributed by atoms with Crippen LogP contribution < -0.4 is 26.2 Å². The summed E-state index contributed by atoms with van der Waals surface area (Å²) >= 11 is 0. The molecule has 1 aliphatic carbocycles. The third-order valence-electron chi connectivity index (χ3n) is 7.05. The van der Waals surface area contributed by atoms with Crippen molar-refractivity contribution in [1.29, 1.82) is 5.26 Å². The van der Waals surface area contributed by atoms with E-state index >= 15 is 0 Å². The van der Waals surface area contributed by atoms with Gasteiger partial charge < -0.3 is 20.7 Å². The molecule has 37 heavy (non-hydrogen) atoms. The van der Waals surface area contributed by atoms with Gasteiger partial charge in [-0.2, -0.15) is 15.5 Å². The van der Waals surface area contributed by atoms with Crippen LogP contribution in [0.1, 0.15) is 33.9 Å². The number of fused-ring (bicyclic) bond motifs is 2. The molecule has 4 aromatic rings. The highest BCUT2D eigenvalue weighted by Crippen LogP contribution is 2.51. The van der Waals surface area contributed by atoms with Crippen molar-refractivity contribution in [1.82, 2.24) is 29.9 Å². The molecule has 188 valence electrons. The van der Waals surface area contributed by atoms with Crippen molar-refractivity contribution in [2.75, 3.05) is 30.8 Å². The van der Waals surface area contributed by atoms with Gasteiger partial charge in [-0.1, -0.05) is 0 Å². The number of hydrogen-bond donors (Lipinski definition) is 3. The highest BCUT2D eigenvalue weighted by Gasteiger charge is 2.51. The van der Waals surface area contributed by atoms with Crippen molar-refractivity contribution in [3.8, 4) is 34.3 Å². The van der Waals surface area contributed by atoms with Crippen molar-refractivity contribution in [3.05, 3.63) is 39.6 Å². The van der Waals surface area contributed by atoms with E-state index in [1.807, 2.05) is 18.9 Å². The zero-order chi connectivity index (χ0) is 28.6. The number of aromatic amines is 1. The molecule has 5 heterocycles. The molecular formula is C25H26N10O2. The summed E-state index contributed by atoms with van der Waals surface area (Å²) in [5.74, 6) is 0.880. The number of rotatable bonds is 4. The summed E-state index contributed by atoms with van der Waals surface area (Å²) in [6.07, 6.45) is 3.37. The lowest BCUT2D eigenvalue weighted by molar-refractivity contribution is 0.172. The normalized spacial score (nSPS) is 16.9. The fourth-order valence-corrected chi connectivity index (χ4v) is 5.12. The molecule has 0 saturated heterocycles. The molecule has 2 aliphatic rings. The molecular weight excluding hydrogens is 472 g/mol. The van der Waals surface area contributed by atoms with Gasteiger partial charge in [-0.25, -0.2) is 15.1 Å². The van der Waals surface area contributed by atoms with E-state index in [-0.39, 0.29) is 23.3 Å². The molecule has 12 nitrogen and oxygen atoms in total. The average molecular weight is 502 g/mol. The molecule has 1 saturated carbocycles. The highest BCUT2D eigenvalue weighted by molar-refractivity contribution is 5.97. The van der Waals surface area contributed by atoms with E-state index in [0.717, 1.165) is 12.8 Å². The fourth-order valence-electron chi connectivity index (χ4n) is 5.12. The number of likely N-dealkylation sites (N-methyl/N-ethyl adjacent to an activating group) is 1. The van der Waals surface area contributed by atoms with E-state index in [2.05, 4.69) is 31.7 Å². The molecule has 0 atom stereocenters. The Morgan fingerprint density at radius 1 is 1.38 bits per heavy atom. The monoisotopic (exact) mass is 501 g/mol. The van der Waals surface area contributed by atoms with Gasteiger partial charge >= 0.3 is 0 Å². The number of hydrogen-bond acceptors (Lipinski definition) is 10. The lowest BCUT2D eigenvalue weighted by Crippen LogP contribution is -2.40. The lowest BCUT2D eigenvalue weighted by atomic mass is 9.97. The van der Waals surface area contributed by atoms with Gasteiger partial charge in [0.2, 0.25) is 0 Å². The zero-order valence-corrected chi connectivity index (χ0v) is 20.5. The maximum atomic E-state index is 12.7. The molecule has 0 bridgehead atoms. The quantitative estimate of drug-likeness (QED) is 0.376. The van der Waals surface area contributed by atoms with Crippen molar-refractivity contribution >= 4 is 22.4 Å². The Morgan fingerprint density at radius 3 is 2.89 bits per heavy atom. The molecule has 1 spiro atoms. The number of ether oxygens (including phenoxy) is 1. The molecule has 1 aliphatic heterocycles. The maximum absolute atomic E-state index is 12.7. The van der Waals surface area contributed by atoms with Gasteiger partial charge in [0, 0.05) is 48.2 Å². The Labute approximate surface area is 216 Å². The smallest absolute Gasteiger partial charge is 0.275 e. The molecule has 0 amide bonds. The number of aromatic nitrogens is 6. The van der Waals surface area contributed by atoms with E-state index in [0.29, 0.717) is 63.0 Å². The first-order chi connectivity index (χ1) is 18.9. The average Bonchev–Trinajstić information content (AvgIpc) is 3.52. The van der Waals surface area contributed by atoms with E-state index in [1.165, 1.54) is 0 Å². The molecule has 4 aromatic heterocycles. The summed E-state index contributed by atoms with van der Waals surface area (Å²) in [7, 11) is 3.67. The van der Waals surface area contributed by atoms with Gasteiger partial charge in [0.25, 0.3) is 5.56 Å². The van der Waals surface area contributed by atoms with Crippen LogP contribution in [0.3, 0.4) is 0 Å². The van der Waals surface area contributed by atoms with Crippen molar-refractivity contribution < 1.29 is 8.85 Å². The van der Waals surface area contributed by atoms with Gasteiger partial charge in [0.15, 0.2) is 11.6 Å². The number of H-pyrrole nitrogens is 1. The van der Waals surface area contributed by atoms with E-state index in [4.69, 9.17) is 19.6 Å². The topological polar surface area (TPSA) is 164 Å². The molecule has 4 N–H and O–H groups in total. The van der Waals surface area contributed by atoms with Gasteiger partial charge in [-0.3, -0.25) is 9.48 Å². The molecule has 0 unspecified atom stereocenters. The molecule has 0 aromatic carbocycles. The number of aryl methyl sites for hydroxylation is 2. The second-order valence-corrected chi connectivity index (χ2v) is 9.49. The number of anilines is 2. The molecule has 1 fully saturated rings. The summed E-state index contributed by atoms with van der Waals surface area (Å²) in [6.45, 7) is -0.134. The van der Waals surface area contributed by atoms with Crippen LogP contribution in [0.4, 0.5) is 11.6 Å². The Morgan fingerprint density at radius 2 is 2.19 bits per heavy atom. The van der Waals surface area contributed by atoms with Gasteiger partial charge in [-0.15, -0.1) is 0 Å². The predicted octanol–water partition coefficient (Wildman–Crippen LogP) is 1.82. The lowest BCUT2D eigenvalue weighted by Gasteiger charge is -2.34. The Kier molecular flexibility index (Phi) is 4.25. The zero-order valence-electron chi connectivity index (χ0n) is 23.5. The Bertz CT molecular complexity index is 1800. The van der Waals surface area contributed by atoms with Crippen LogP contribution in [0.15, 0.2) is 17.1 Å². The third kappa shape index (κ3) is 3.35. The second-order valence-electron chi connectivity index (χ2n) is 9.49. The minimum Gasteiger partial charge on any atom is -0.480 e. The first-order valence-corrected chi connectivity index (χ1v) is 11.7. The number of nitrogens with two attached hydrogens (primary N) is 1. The number of pyridine rings is 2. The van der Waals surface area contributed by atoms with E-state index in [1.54, 1.807) is 24.0 Å². The molecule has 6 rings (SSSR count). The van der Waals surface area contributed by atoms with Crippen molar-refractivity contribution in [3.63, 3.8) is 0 Å². The SMILES string of the molecule is [2H]C([2H])([2H])Nc1nc(-c2cnn(C)c2-c2c(C)nc3c(c2C#N)OC2(CC2)CN3C)cc2c(CN)n[nH]c(=O)c12. The number of nitriles is 1. The van der Waals surface area contributed by atoms with Crippen LogP contribution in [-0.2, 0) is 13.6 Å². The first kappa shape index (κ1) is 19.7. The molecule has 12 heteroatoms. The van der Waals surface area contributed by atoms with Gasteiger partial charge in [0.05, 0.1) is 40.9 Å². The Hall–Kier alpha value is -4.50. The highest BCUT2D eigenvalue weighted by atomic mass is 16.5. The summed E-state index contributed by atoms with van der Waals surface area (Å²) in [6, 6.07) is 3.96. The first-order valence-electron chi connectivity index (χ1n) is 13.2. The van der Waals surface area contributed by atoms with Crippen LogP contribution in [0.25, 0.3) is 33.3 Å². The fraction of sp³-hybridized carbons (Fsp3) is 0.360. The van der Waals surface area contributed by atoms with Gasteiger partial charge in [0.1, 0.15) is 23.1 Å². The van der Waals surface area contributed by atoms with Crippen LogP contribution >= 0.6 is 0 Å². The summed E-state index contributed by atoms with van der Waals surface area (Å²) in [4.78, 5) is 24.1. The van der Waals surface area contributed by atoms with E-state index < -0.39 is 12.5 Å². The van der Waals surface area contributed by atoms with E-state index in [9.17, 15) is 10.1 Å². The van der Waals surface area contributed by atoms with Crippen LogP contribution in [0.5, 0.6) is 5.75 Å². The van der Waals surface area contributed by atoms with Crippen molar-refractivity contribution in [2.24, 2.45) is 12.8 Å². The largest absolute Gasteiger partial charge is 0.480 e. The van der Waals surface area contributed by atoms with Crippen LogP contribution in [-0.4, -0.2) is 56.1 Å². The third-order valence-corrected chi connectivity index (χ3v) is 7.05. The number of nitrogens with zero attached hydrogens (tertiary/aromatic N) is 7. The second kappa shape index (κ2) is 8.01. The van der Waals surface area contributed by atoms with Gasteiger partial charge in [-0.05, 0) is 25.8 Å². The Balaban J connectivity index is 1.62. The maximum Gasteiger partial charge on any atom is 0.275 e. The minimum atomic E-state index is -2.63. The standard InChI is InChI=1S/C25H26N10O2/c1-12-18(14(8-26)21-23(30-12)34(3)11-25(37-21)5-6-25)20-15(10-29-35(20)4)16-7-13-17(9-27)32-33-24(36)19(13)22(28-2)31-16/h7,10H,5-6,9,11,27H2,1-4H3,(H,28,31)(H,33,36)/i2D3. The minimum absolute atomic E-state index is 0.0110. The predicted molar refractivity (Wildman–Crippen MR) is 138 cm³/mol. The van der Waals surface area contributed by atoms with Crippen LogP contribution in [0, 0.1) is 18.3 Å². The summed E-state index contributed by atoms with van der Waals surface area (Å²) in [5, 5.41) is 24.0. The molecule has 0 radical (unpaired) electrons. The van der Waals surface area contributed by atoms with Crippen LogP contribution in [0.2, 0.25) is 0 Å². The summed E-state index contributed by atoms with van der Waals surface area (Å²) in [5.41, 5.74) is 8.11. The number of nitrogens with one attached hydrogen (secondary N) is 2. The van der Waals surface area contributed by atoms with Crippen molar-refractivity contribution in [2.45, 2.75) is 31.9 Å².